The van der Waals surface area contributed by atoms with Gasteiger partial charge in [-0.25, -0.2) is 0 Å². The van der Waals surface area contributed by atoms with Gasteiger partial charge in [-0.1, -0.05) is 18.2 Å². The molecule has 138 valence electrons. The van der Waals surface area contributed by atoms with Crippen LogP contribution in [0.1, 0.15) is 30.4 Å². The fourth-order valence-corrected chi connectivity index (χ4v) is 3.63. The zero-order chi connectivity index (χ0) is 18.1. The number of amides is 2. The number of ether oxygens (including phenoxy) is 1. The lowest BCUT2D eigenvalue weighted by molar-refractivity contribution is -0.129. The number of carbonyl (C=O) groups excluding carboxylic acids is 2. The Morgan fingerprint density at radius 1 is 1.12 bits per heavy atom. The predicted octanol–water partition coefficient (Wildman–Crippen LogP) is 2.54. The molecular formula is C19H28N2O3S. The van der Waals surface area contributed by atoms with Gasteiger partial charge < -0.3 is 15.0 Å². The number of hydrogen-bond donors (Lipinski definition) is 1. The monoisotopic (exact) mass is 364 g/mol. The minimum atomic E-state index is -0.0541. The maximum atomic E-state index is 12.0. The SMILES string of the molecule is Cc1cccc(C)c1OCCNC(=O)CSCC(=O)N1CCCCC1. The Kier molecular flexibility index (Phi) is 8.12. The first-order valence-corrected chi connectivity index (χ1v) is 10.0. The van der Waals surface area contributed by atoms with Crippen molar-refractivity contribution in [2.75, 3.05) is 37.7 Å². The van der Waals surface area contributed by atoms with E-state index in [1.54, 1.807) is 0 Å². The van der Waals surface area contributed by atoms with E-state index in [0.717, 1.165) is 42.8 Å². The van der Waals surface area contributed by atoms with Crippen molar-refractivity contribution in [2.45, 2.75) is 33.1 Å². The van der Waals surface area contributed by atoms with Crippen LogP contribution in [0.25, 0.3) is 0 Å². The van der Waals surface area contributed by atoms with E-state index >= 15 is 0 Å². The summed E-state index contributed by atoms with van der Waals surface area (Å²) in [4.78, 5) is 25.8. The summed E-state index contributed by atoms with van der Waals surface area (Å²) in [5.41, 5.74) is 2.19. The number of aryl methyl sites for hydroxylation is 2. The number of para-hydroxylation sites is 1. The zero-order valence-corrected chi connectivity index (χ0v) is 16.0. The van der Waals surface area contributed by atoms with Crippen LogP contribution in [0.2, 0.25) is 0 Å². The molecule has 1 saturated heterocycles. The molecule has 0 radical (unpaired) electrons. The Labute approximate surface area is 154 Å². The van der Waals surface area contributed by atoms with E-state index in [-0.39, 0.29) is 11.8 Å². The largest absolute Gasteiger partial charge is 0.491 e. The van der Waals surface area contributed by atoms with E-state index in [1.165, 1.54) is 18.2 Å². The summed E-state index contributed by atoms with van der Waals surface area (Å²) in [5.74, 6) is 1.67. The van der Waals surface area contributed by atoms with Crippen LogP contribution in [-0.4, -0.2) is 54.5 Å². The third kappa shape index (κ3) is 6.61. The molecule has 1 aromatic carbocycles. The first-order chi connectivity index (χ1) is 12.1. The van der Waals surface area contributed by atoms with Gasteiger partial charge in [0.1, 0.15) is 12.4 Å². The molecule has 1 fully saturated rings. The van der Waals surface area contributed by atoms with Crippen molar-refractivity contribution < 1.29 is 14.3 Å². The highest BCUT2D eigenvalue weighted by atomic mass is 32.2. The number of carbonyl (C=O) groups is 2. The van der Waals surface area contributed by atoms with Gasteiger partial charge in [-0.2, -0.15) is 0 Å². The van der Waals surface area contributed by atoms with Crippen molar-refractivity contribution >= 4 is 23.6 Å². The summed E-state index contributed by atoms with van der Waals surface area (Å²) in [6.07, 6.45) is 3.40. The van der Waals surface area contributed by atoms with Gasteiger partial charge in [0.05, 0.1) is 18.1 Å². The van der Waals surface area contributed by atoms with Crippen LogP contribution in [0.5, 0.6) is 5.75 Å². The Hall–Kier alpha value is -1.69. The third-order valence-electron chi connectivity index (χ3n) is 4.25. The van der Waals surface area contributed by atoms with E-state index < -0.39 is 0 Å². The highest BCUT2D eigenvalue weighted by Crippen LogP contribution is 2.21. The molecule has 0 atom stereocenters. The minimum Gasteiger partial charge on any atom is -0.491 e. The molecular weight excluding hydrogens is 336 g/mol. The smallest absolute Gasteiger partial charge is 0.232 e. The number of likely N-dealkylation sites (tertiary alicyclic amines) is 1. The van der Waals surface area contributed by atoms with Crippen LogP contribution in [0.15, 0.2) is 18.2 Å². The topological polar surface area (TPSA) is 58.6 Å². The summed E-state index contributed by atoms with van der Waals surface area (Å²) >= 11 is 1.38. The molecule has 25 heavy (non-hydrogen) atoms. The lowest BCUT2D eigenvalue weighted by atomic mass is 10.1. The second kappa shape index (κ2) is 10.3. The Morgan fingerprint density at radius 2 is 1.80 bits per heavy atom. The molecule has 6 heteroatoms. The van der Waals surface area contributed by atoms with Crippen molar-refractivity contribution in [1.82, 2.24) is 10.2 Å². The van der Waals surface area contributed by atoms with Crippen molar-refractivity contribution in [3.8, 4) is 5.75 Å². The maximum Gasteiger partial charge on any atom is 0.232 e. The molecule has 2 amide bonds. The number of nitrogens with one attached hydrogen (secondary N) is 1. The molecule has 0 aliphatic carbocycles. The van der Waals surface area contributed by atoms with Crippen molar-refractivity contribution in [1.29, 1.82) is 0 Å². The summed E-state index contributed by atoms with van der Waals surface area (Å²) in [6.45, 7) is 6.65. The second-order valence-corrected chi connectivity index (χ2v) is 7.34. The van der Waals surface area contributed by atoms with Gasteiger partial charge in [0.2, 0.25) is 11.8 Å². The number of piperidine rings is 1. The quantitative estimate of drug-likeness (QED) is 0.720. The lowest BCUT2D eigenvalue weighted by Crippen LogP contribution is -2.37. The number of hydrogen-bond acceptors (Lipinski definition) is 4. The van der Waals surface area contributed by atoms with Crippen molar-refractivity contribution in [3.05, 3.63) is 29.3 Å². The molecule has 0 spiro atoms. The molecule has 1 heterocycles. The Bertz CT molecular complexity index is 566. The Balaban J connectivity index is 1.57. The van der Waals surface area contributed by atoms with Crippen LogP contribution in [0, 0.1) is 13.8 Å². The molecule has 0 aromatic heterocycles. The fourth-order valence-electron chi connectivity index (χ4n) is 2.89. The van der Waals surface area contributed by atoms with Crippen LogP contribution < -0.4 is 10.1 Å². The van der Waals surface area contributed by atoms with E-state index in [0.29, 0.717) is 24.7 Å². The van der Waals surface area contributed by atoms with Gasteiger partial charge in [-0.15, -0.1) is 11.8 Å². The standard InChI is InChI=1S/C19H28N2O3S/c1-15-7-6-8-16(2)19(15)24-12-9-20-17(22)13-25-14-18(23)21-10-4-3-5-11-21/h6-8H,3-5,9-14H2,1-2H3,(H,20,22). The predicted molar refractivity (Wildman–Crippen MR) is 102 cm³/mol. The average molecular weight is 365 g/mol. The molecule has 0 bridgehead atoms. The third-order valence-corrected chi connectivity index (χ3v) is 5.16. The number of nitrogens with zero attached hydrogens (tertiary/aromatic N) is 1. The molecule has 2 rings (SSSR count). The first kappa shape index (κ1) is 19.6. The van der Waals surface area contributed by atoms with Crippen LogP contribution in [0.4, 0.5) is 0 Å². The summed E-state index contributed by atoms with van der Waals surface area (Å²) in [6, 6.07) is 6.02. The van der Waals surface area contributed by atoms with Gasteiger partial charge in [0.15, 0.2) is 0 Å². The summed E-state index contributed by atoms with van der Waals surface area (Å²) in [7, 11) is 0. The molecule has 1 aromatic rings. The number of thioether (sulfide) groups is 1. The van der Waals surface area contributed by atoms with Crippen LogP contribution >= 0.6 is 11.8 Å². The second-order valence-electron chi connectivity index (χ2n) is 6.35. The van der Waals surface area contributed by atoms with E-state index in [9.17, 15) is 9.59 Å². The van der Waals surface area contributed by atoms with E-state index in [2.05, 4.69) is 5.32 Å². The minimum absolute atomic E-state index is 0.0541. The van der Waals surface area contributed by atoms with Gasteiger partial charge in [0, 0.05) is 13.1 Å². The molecule has 1 N–H and O–H groups in total. The molecule has 1 aliphatic rings. The fraction of sp³-hybridized carbons (Fsp3) is 0.579. The van der Waals surface area contributed by atoms with Gasteiger partial charge in [-0.05, 0) is 44.2 Å². The van der Waals surface area contributed by atoms with E-state index in [4.69, 9.17) is 4.74 Å². The summed E-state index contributed by atoms with van der Waals surface area (Å²) < 4.78 is 5.76. The average Bonchev–Trinajstić information content (AvgIpc) is 2.61. The molecule has 0 saturated carbocycles. The normalized spacial score (nSPS) is 14.2. The van der Waals surface area contributed by atoms with Crippen LogP contribution in [-0.2, 0) is 9.59 Å². The van der Waals surface area contributed by atoms with E-state index in [1.807, 2.05) is 36.9 Å². The lowest BCUT2D eigenvalue weighted by Gasteiger charge is -2.26. The maximum absolute atomic E-state index is 12.0. The van der Waals surface area contributed by atoms with Gasteiger partial charge in [-0.3, -0.25) is 9.59 Å². The van der Waals surface area contributed by atoms with Crippen molar-refractivity contribution in [3.63, 3.8) is 0 Å². The zero-order valence-electron chi connectivity index (χ0n) is 15.2. The highest BCUT2D eigenvalue weighted by molar-refractivity contribution is 8.00. The highest BCUT2D eigenvalue weighted by Gasteiger charge is 2.16. The van der Waals surface area contributed by atoms with Crippen LogP contribution in [0.3, 0.4) is 0 Å². The first-order valence-electron chi connectivity index (χ1n) is 8.89. The van der Waals surface area contributed by atoms with Crippen molar-refractivity contribution in [2.24, 2.45) is 0 Å². The molecule has 0 unspecified atom stereocenters. The number of rotatable bonds is 8. The molecule has 1 aliphatic heterocycles. The summed E-state index contributed by atoms with van der Waals surface area (Å²) in [5, 5.41) is 2.84. The Morgan fingerprint density at radius 3 is 2.48 bits per heavy atom. The van der Waals surface area contributed by atoms with Gasteiger partial charge in [0.25, 0.3) is 0 Å². The molecule has 5 nitrogen and oxygen atoms in total. The number of benzene rings is 1. The van der Waals surface area contributed by atoms with Gasteiger partial charge >= 0.3 is 0 Å².